The number of halogens is 3. The molecule has 2 aromatic carbocycles. The fourth-order valence-corrected chi connectivity index (χ4v) is 2.14. The molecule has 3 aromatic rings. The third-order valence-electron chi connectivity index (χ3n) is 3.19. The lowest BCUT2D eigenvalue weighted by atomic mass is 10.2. The molecule has 0 aliphatic carbocycles. The predicted molar refractivity (Wildman–Crippen MR) is 83.6 cm³/mol. The average Bonchev–Trinajstić information content (AvgIpc) is 2.92. The largest absolute Gasteiger partial charge is 0.382 e. The van der Waals surface area contributed by atoms with Gasteiger partial charge in [0.05, 0.1) is 5.69 Å². The fourth-order valence-electron chi connectivity index (χ4n) is 1.97. The summed E-state index contributed by atoms with van der Waals surface area (Å²) >= 11 is 5.91. The number of carbonyl (C=O) groups excluding carboxylic acids is 1. The maximum absolute atomic E-state index is 13.6. The number of fused-ring (bicyclic) bond motifs is 1. The van der Waals surface area contributed by atoms with E-state index >= 15 is 0 Å². The molecule has 124 valence electrons. The van der Waals surface area contributed by atoms with E-state index in [1.807, 2.05) is 0 Å². The normalized spacial score (nSPS) is 12.2. The highest BCUT2D eigenvalue weighted by Gasteiger charge is 2.19. The standard InChI is InChI=1S/C15H11ClF2N4O2/c1-8(15(23)19-12-5-3-10(17)7-11(12)18)24-22-14-6-9(16)2-4-13(14)20-21-22/h2-8H,1H3,(H,19,23). The summed E-state index contributed by atoms with van der Waals surface area (Å²) in [7, 11) is 0. The van der Waals surface area contributed by atoms with Crippen molar-refractivity contribution in [2.24, 2.45) is 0 Å². The highest BCUT2D eigenvalue weighted by atomic mass is 35.5. The molecule has 24 heavy (non-hydrogen) atoms. The Morgan fingerprint density at radius 3 is 2.83 bits per heavy atom. The van der Waals surface area contributed by atoms with Crippen molar-refractivity contribution in [3.05, 3.63) is 53.1 Å². The molecule has 0 bridgehead atoms. The molecule has 6 nitrogen and oxygen atoms in total. The van der Waals surface area contributed by atoms with Crippen molar-refractivity contribution in [3.8, 4) is 0 Å². The number of benzene rings is 2. The molecule has 0 radical (unpaired) electrons. The van der Waals surface area contributed by atoms with E-state index in [1.165, 1.54) is 6.92 Å². The SMILES string of the molecule is CC(On1nnc2ccc(Cl)cc21)C(=O)Nc1ccc(F)cc1F. The first-order chi connectivity index (χ1) is 11.4. The van der Waals surface area contributed by atoms with Gasteiger partial charge in [0.15, 0.2) is 0 Å². The van der Waals surface area contributed by atoms with Crippen LogP contribution in [0.15, 0.2) is 36.4 Å². The first-order valence-electron chi connectivity index (χ1n) is 6.88. The topological polar surface area (TPSA) is 69.0 Å². The molecule has 1 unspecified atom stereocenters. The van der Waals surface area contributed by atoms with E-state index in [1.54, 1.807) is 18.2 Å². The van der Waals surface area contributed by atoms with Gasteiger partial charge in [-0.1, -0.05) is 16.4 Å². The smallest absolute Gasteiger partial charge is 0.268 e. The summed E-state index contributed by atoms with van der Waals surface area (Å²) in [6.45, 7) is 1.45. The number of anilines is 1. The van der Waals surface area contributed by atoms with Crippen LogP contribution in [0.3, 0.4) is 0 Å². The molecule has 0 aliphatic heterocycles. The van der Waals surface area contributed by atoms with Crippen LogP contribution in [0.5, 0.6) is 0 Å². The lowest BCUT2D eigenvalue weighted by molar-refractivity contribution is -0.127. The van der Waals surface area contributed by atoms with Crippen molar-refractivity contribution >= 4 is 34.2 Å². The Morgan fingerprint density at radius 2 is 2.08 bits per heavy atom. The summed E-state index contributed by atoms with van der Waals surface area (Å²) in [5, 5.41) is 10.4. The quantitative estimate of drug-likeness (QED) is 0.784. The molecule has 0 saturated heterocycles. The zero-order valence-electron chi connectivity index (χ0n) is 12.3. The molecule has 0 fully saturated rings. The average molecular weight is 353 g/mol. The third kappa shape index (κ3) is 3.28. The van der Waals surface area contributed by atoms with Crippen LogP contribution < -0.4 is 10.2 Å². The molecule has 3 rings (SSSR count). The number of rotatable bonds is 4. The van der Waals surface area contributed by atoms with Gasteiger partial charge in [-0.2, -0.15) is 0 Å². The van der Waals surface area contributed by atoms with Crippen molar-refractivity contribution < 1.29 is 18.4 Å². The van der Waals surface area contributed by atoms with Gasteiger partial charge in [0, 0.05) is 11.1 Å². The summed E-state index contributed by atoms with van der Waals surface area (Å²) in [5.41, 5.74) is 0.870. The van der Waals surface area contributed by atoms with Crippen LogP contribution in [0.1, 0.15) is 6.92 Å². The number of nitrogens with one attached hydrogen (secondary N) is 1. The number of carbonyl (C=O) groups is 1. The van der Waals surface area contributed by atoms with E-state index in [2.05, 4.69) is 15.6 Å². The first-order valence-corrected chi connectivity index (χ1v) is 7.26. The van der Waals surface area contributed by atoms with Gasteiger partial charge in [0.25, 0.3) is 5.91 Å². The number of amides is 1. The minimum atomic E-state index is -1.02. The molecule has 1 amide bonds. The molecule has 0 saturated carbocycles. The number of nitrogens with zero attached hydrogens (tertiary/aromatic N) is 3. The highest BCUT2D eigenvalue weighted by Crippen LogP contribution is 2.17. The Labute approximate surface area is 139 Å². The lowest BCUT2D eigenvalue weighted by Gasteiger charge is -2.14. The van der Waals surface area contributed by atoms with E-state index in [-0.39, 0.29) is 5.69 Å². The zero-order chi connectivity index (χ0) is 17.3. The summed E-state index contributed by atoms with van der Waals surface area (Å²) in [6.07, 6.45) is -1.02. The molecule has 0 spiro atoms. The van der Waals surface area contributed by atoms with Crippen LogP contribution in [0, 0.1) is 11.6 Å². The van der Waals surface area contributed by atoms with Crippen LogP contribution in [-0.2, 0) is 4.79 Å². The lowest BCUT2D eigenvalue weighted by Crippen LogP contribution is -2.35. The van der Waals surface area contributed by atoms with Gasteiger partial charge >= 0.3 is 0 Å². The van der Waals surface area contributed by atoms with Gasteiger partial charge in [-0.25, -0.2) is 8.78 Å². The van der Waals surface area contributed by atoms with Crippen LogP contribution in [0.4, 0.5) is 14.5 Å². The highest BCUT2D eigenvalue weighted by molar-refractivity contribution is 6.31. The Bertz CT molecular complexity index is 916. The summed E-state index contributed by atoms with van der Waals surface area (Å²) < 4.78 is 26.4. The van der Waals surface area contributed by atoms with E-state index < -0.39 is 23.6 Å². The summed E-state index contributed by atoms with van der Waals surface area (Å²) in [5.74, 6) is -2.25. The monoisotopic (exact) mass is 352 g/mol. The summed E-state index contributed by atoms with van der Waals surface area (Å²) in [4.78, 5) is 18.6. The van der Waals surface area contributed by atoms with Crippen LogP contribution >= 0.6 is 11.6 Å². The van der Waals surface area contributed by atoms with E-state index in [0.29, 0.717) is 22.1 Å². The van der Waals surface area contributed by atoms with Crippen molar-refractivity contribution in [1.29, 1.82) is 0 Å². The first kappa shape index (κ1) is 16.1. The number of hydrogen-bond donors (Lipinski definition) is 1. The molecule has 1 N–H and O–H groups in total. The number of aromatic nitrogens is 3. The van der Waals surface area contributed by atoms with E-state index in [9.17, 15) is 13.6 Å². The third-order valence-corrected chi connectivity index (χ3v) is 3.43. The van der Waals surface area contributed by atoms with Crippen LogP contribution in [0.2, 0.25) is 5.02 Å². The second-order valence-corrected chi connectivity index (χ2v) is 5.39. The second-order valence-electron chi connectivity index (χ2n) is 4.96. The molecule has 1 aromatic heterocycles. The van der Waals surface area contributed by atoms with Crippen molar-refractivity contribution in [2.75, 3.05) is 5.32 Å². The van der Waals surface area contributed by atoms with Crippen LogP contribution in [-0.4, -0.2) is 27.2 Å². The molecule has 1 atom stereocenters. The predicted octanol–water partition coefficient (Wildman–Crippen LogP) is 2.82. The molecular weight excluding hydrogens is 342 g/mol. The van der Waals surface area contributed by atoms with Gasteiger partial charge < -0.3 is 10.2 Å². The number of hydrogen-bond acceptors (Lipinski definition) is 4. The van der Waals surface area contributed by atoms with Gasteiger partial charge in [-0.15, -0.1) is 5.10 Å². The van der Waals surface area contributed by atoms with Crippen molar-refractivity contribution in [3.63, 3.8) is 0 Å². The second kappa shape index (κ2) is 6.40. The Hall–Kier alpha value is -2.74. The molecule has 9 heteroatoms. The Balaban J connectivity index is 1.74. The van der Waals surface area contributed by atoms with Crippen molar-refractivity contribution in [2.45, 2.75) is 13.0 Å². The van der Waals surface area contributed by atoms with E-state index in [0.717, 1.165) is 17.0 Å². The Kier molecular flexibility index (Phi) is 4.30. The molecular formula is C15H11ClF2N4O2. The fraction of sp³-hybridized carbons (Fsp3) is 0.133. The van der Waals surface area contributed by atoms with Gasteiger partial charge in [-0.3, -0.25) is 4.79 Å². The van der Waals surface area contributed by atoms with E-state index in [4.69, 9.17) is 16.4 Å². The maximum Gasteiger partial charge on any atom is 0.268 e. The Morgan fingerprint density at radius 1 is 1.29 bits per heavy atom. The maximum atomic E-state index is 13.6. The van der Waals surface area contributed by atoms with Gasteiger partial charge in [0.2, 0.25) is 6.10 Å². The summed E-state index contributed by atoms with van der Waals surface area (Å²) in [6, 6.07) is 7.73. The molecule has 1 heterocycles. The van der Waals surface area contributed by atoms with Gasteiger partial charge in [0.1, 0.15) is 22.7 Å². The van der Waals surface area contributed by atoms with Gasteiger partial charge in [-0.05, 0) is 42.5 Å². The molecule has 0 aliphatic rings. The minimum Gasteiger partial charge on any atom is -0.382 e. The van der Waals surface area contributed by atoms with Crippen LogP contribution in [0.25, 0.3) is 11.0 Å². The minimum absolute atomic E-state index is 0.150. The zero-order valence-corrected chi connectivity index (χ0v) is 13.1. The van der Waals surface area contributed by atoms with Crippen molar-refractivity contribution in [1.82, 2.24) is 15.2 Å².